The third-order valence-corrected chi connectivity index (χ3v) is 3.77. The van der Waals surface area contributed by atoms with Crippen molar-refractivity contribution >= 4 is 29.3 Å². The first kappa shape index (κ1) is 20.3. The topological polar surface area (TPSA) is 58.2 Å². The van der Waals surface area contributed by atoms with Gasteiger partial charge >= 0.3 is 6.18 Å². The summed E-state index contributed by atoms with van der Waals surface area (Å²) in [5, 5.41) is 4.81. The van der Waals surface area contributed by atoms with Gasteiger partial charge in [-0.1, -0.05) is 6.92 Å². The molecule has 0 saturated carbocycles. The maximum atomic E-state index is 13.3. The molecule has 24 heavy (non-hydrogen) atoms. The van der Waals surface area contributed by atoms with E-state index in [0.717, 1.165) is 6.07 Å². The largest absolute Gasteiger partial charge is 0.419 e. The molecule has 0 heterocycles. The van der Waals surface area contributed by atoms with E-state index < -0.39 is 29.5 Å². The highest BCUT2D eigenvalue weighted by molar-refractivity contribution is 7.98. The molecule has 0 bridgehead atoms. The van der Waals surface area contributed by atoms with E-state index >= 15 is 0 Å². The number of alkyl halides is 3. The number of nitrogens with one attached hydrogen (secondary N) is 2. The van der Waals surface area contributed by atoms with E-state index in [9.17, 15) is 27.2 Å². The summed E-state index contributed by atoms with van der Waals surface area (Å²) in [6.07, 6.45) is -2.53. The van der Waals surface area contributed by atoms with Crippen molar-refractivity contribution in [1.82, 2.24) is 5.32 Å². The molecular weight excluding hydrogens is 348 g/mol. The fourth-order valence-electron chi connectivity index (χ4n) is 1.85. The zero-order valence-corrected chi connectivity index (χ0v) is 14.0. The first-order chi connectivity index (χ1) is 11.2. The van der Waals surface area contributed by atoms with E-state index in [1.807, 2.05) is 6.26 Å². The Morgan fingerprint density at radius 2 is 1.96 bits per heavy atom. The van der Waals surface area contributed by atoms with Gasteiger partial charge in [-0.3, -0.25) is 9.59 Å². The summed E-state index contributed by atoms with van der Waals surface area (Å²) in [7, 11) is 0. The molecule has 1 aromatic rings. The van der Waals surface area contributed by atoms with Crippen LogP contribution in [-0.4, -0.2) is 29.9 Å². The van der Waals surface area contributed by atoms with Crippen molar-refractivity contribution in [2.75, 3.05) is 17.3 Å². The van der Waals surface area contributed by atoms with Crippen LogP contribution in [0.4, 0.5) is 23.2 Å². The van der Waals surface area contributed by atoms with E-state index in [1.165, 1.54) is 11.8 Å². The van der Waals surface area contributed by atoms with Crippen LogP contribution in [0, 0.1) is 5.82 Å². The minimum atomic E-state index is -4.86. The van der Waals surface area contributed by atoms with Crippen LogP contribution in [0.3, 0.4) is 0 Å². The highest BCUT2D eigenvalue weighted by Gasteiger charge is 2.34. The predicted octanol–water partition coefficient (Wildman–Crippen LogP) is 3.43. The average Bonchev–Trinajstić information content (AvgIpc) is 2.51. The zero-order chi connectivity index (χ0) is 18.3. The molecule has 1 rings (SSSR count). The minimum Gasteiger partial charge on any atom is -0.344 e. The monoisotopic (exact) mass is 366 g/mol. The Labute approximate surface area is 141 Å². The maximum absolute atomic E-state index is 13.3. The summed E-state index contributed by atoms with van der Waals surface area (Å²) in [6.45, 7) is 1.62. The number of rotatable bonds is 7. The van der Waals surface area contributed by atoms with Crippen molar-refractivity contribution in [2.45, 2.75) is 32.0 Å². The van der Waals surface area contributed by atoms with Gasteiger partial charge in [-0.2, -0.15) is 24.9 Å². The van der Waals surface area contributed by atoms with E-state index in [1.54, 1.807) is 6.92 Å². The fraction of sp³-hybridized carbons (Fsp3) is 0.467. The Morgan fingerprint density at radius 3 is 2.50 bits per heavy atom. The Balaban J connectivity index is 2.91. The summed E-state index contributed by atoms with van der Waals surface area (Å²) in [5.41, 5.74) is -1.65. The molecule has 4 nitrogen and oxygen atoms in total. The predicted molar refractivity (Wildman–Crippen MR) is 85.3 cm³/mol. The van der Waals surface area contributed by atoms with Crippen LogP contribution in [-0.2, 0) is 15.8 Å². The lowest BCUT2D eigenvalue weighted by Gasteiger charge is -2.18. The maximum Gasteiger partial charge on any atom is 0.419 e. The van der Waals surface area contributed by atoms with Gasteiger partial charge in [0, 0.05) is 12.1 Å². The molecule has 0 aliphatic carbocycles. The third kappa shape index (κ3) is 6.03. The van der Waals surface area contributed by atoms with Crippen molar-refractivity contribution in [3.63, 3.8) is 0 Å². The number of thioether (sulfide) groups is 1. The molecule has 0 aromatic heterocycles. The van der Waals surface area contributed by atoms with Gasteiger partial charge in [-0.25, -0.2) is 4.39 Å². The molecule has 2 amide bonds. The van der Waals surface area contributed by atoms with Crippen molar-refractivity contribution in [3.05, 3.63) is 29.6 Å². The first-order valence-corrected chi connectivity index (χ1v) is 8.54. The van der Waals surface area contributed by atoms with Crippen molar-refractivity contribution in [2.24, 2.45) is 0 Å². The fourth-order valence-corrected chi connectivity index (χ4v) is 2.32. The van der Waals surface area contributed by atoms with E-state index in [2.05, 4.69) is 10.6 Å². The summed E-state index contributed by atoms with van der Waals surface area (Å²) in [5.74, 6) is -1.82. The number of hydrogen-bond acceptors (Lipinski definition) is 3. The molecule has 0 aliphatic heterocycles. The quantitative estimate of drug-likeness (QED) is 0.727. The molecular formula is C15H18F4N2O2S. The summed E-state index contributed by atoms with van der Waals surface area (Å²) in [6, 6.07) is 1.33. The molecule has 0 fully saturated rings. The SMILES string of the molecule is CCC(=O)NC(CCSC)C(=O)Nc1ccc(F)c(C(F)(F)F)c1. The standard InChI is InChI=1S/C15H18F4N2O2S/c1-3-13(22)21-12(6-7-24-2)14(23)20-9-4-5-11(16)10(8-9)15(17,18)19/h4-5,8,12H,3,6-7H2,1-2H3,(H,20,23)(H,21,22). The minimum absolute atomic E-state index is 0.178. The highest BCUT2D eigenvalue weighted by Crippen LogP contribution is 2.33. The summed E-state index contributed by atoms with van der Waals surface area (Å²) >= 11 is 1.47. The Morgan fingerprint density at radius 1 is 1.29 bits per heavy atom. The second-order valence-electron chi connectivity index (χ2n) is 4.94. The smallest absolute Gasteiger partial charge is 0.344 e. The van der Waals surface area contributed by atoms with Crippen LogP contribution < -0.4 is 10.6 Å². The van der Waals surface area contributed by atoms with Crippen LogP contribution in [0.2, 0.25) is 0 Å². The first-order valence-electron chi connectivity index (χ1n) is 7.15. The number of halogens is 4. The summed E-state index contributed by atoms with van der Waals surface area (Å²) < 4.78 is 51.3. The van der Waals surface area contributed by atoms with E-state index in [4.69, 9.17) is 0 Å². The Hall–Kier alpha value is -1.77. The van der Waals surface area contributed by atoms with Crippen LogP contribution in [0.25, 0.3) is 0 Å². The van der Waals surface area contributed by atoms with Crippen molar-refractivity contribution < 1.29 is 27.2 Å². The Kier molecular flexibility index (Phi) is 7.53. The zero-order valence-electron chi connectivity index (χ0n) is 13.2. The highest BCUT2D eigenvalue weighted by atomic mass is 32.2. The molecule has 2 N–H and O–H groups in total. The van der Waals surface area contributed by atoms with Gasteiger partial charge < -0.3 is 10.6 Å². The molecule has 9 heteroatoms. The lowest BCUT2D eigenvalue weighted by molar-refractivity contribution is -0.140. The lowest BCUT2D eigenvalue weighted by atomic mass is 10.1. The third-order valence-electron chi connectivity index (χ3n) is 3.12. The Bertz CT molecular complexity index is 593. The lowest BCUT2D eigenvalue weighted by Crippen LogP contribution is -2.44. The number of benzene rings is 1. The molecule has 1 atom stereocenters. The normalized spacial score (nSPS) is 12.6. The summed E-state index contributed by atoms with van der Waals surface area (Å²) in [4.78, 5) is 23.7. The molecule has 0 saturated heterocycles. The number of hydrogen-bond donors (Lipinski definition) is 2. The van der Waals surface area contributed by atoms with Crippen LogP contribution >= 0.6 is 11.8 Å². The number of anilines is 1. The molecule has 0 radical (unpaired) electrons. The van der Waals surface area contributed by atoms with Gasteiger partial charge in [-0.15, -0.1) is 0 Å². The molecule has 134 valence electrons. The van der Waals surface area contributed by atoms with Gasteiger partial charge in [0.05, 0.1) is 5.56 Å². The van der Waals surface area contributed by atoms with Gasteiger partial charge in [0.1, 0.15) is 11.9 Å². The van der Waals surface area contributed by atoms with Crippen LogP contribution in [0.1, 0.15) is 25.3 Å². The van der Waals surface area contributed by atoms with Crippen LogP contribution in [0.15, 0.2) is 18.2 Å². The second-order valence-corrected chi connectivity index (χ2v) is 5.92. The van der Waals surface area contributed by atoms with E-state index in [-0.39, 0.29) is 18.0 Å². The van der Waals surface area contributed by atoms with Gasteiger partial charge in [0.2, 0.25) is 11.8 Å². The van der Waals surface area contributed by atoms with Crippen LogP contribution in [0.5, 0.6) is 0 Å². The van der Waals surface area contributed by atoms with E-state index in [0.29, 0.717) is 24.3 Å². The van der Waals surface area contributed by atoms with Crippen molar-refractivity contribution in [1.29, 1.82) is 0 Å². The van der Waals surface area contributed by atoms with Crippen molar-refractivity contribution in [3.8, 4) is 0 Å². The number of carbonyl (C=O) groups excluding carboxylic acids is 2. The second kappa shape index (κ2) is 8.91. The number of amides is 2. The molecule has 1 unspecified atom stereocenters. The average molecular weight is 366 g/mol. The van der Waals surface area contributed by atoms with Gasteiger partial charge in [0.25, 0.3) is 0 Å². The molecule has 1 aromatic carbocycles. The molecule has 0 spiro atoms. The van der Waals surface area contributed by atoms with Gasteiger partial charge in [0.15, 0.2) is 0 Å². The molecule has 0 aliphatic rings. The van der Waals surface area contributed by atoms with Gasteiger partial charge in [-0.05, 0) is 36.6 Å². The number of carbonyl (C=O) groups is 2.